The molecule has 1 saturated carbocycles. The highest BCUT2D eigenvalue weighted by Crippen LogP contribution is 2.38. The van der Waals surface area contributed by atoms with Gasteiger partial charge in [0.2, 0.25) is 0 Å². The largest absolute Gasteiger partial charge is 0.329 e. The van der Waals surface area contributed by atoms with Gasteiger partial charge in [0, 0.05) is 43.8 Å². The van der Waals surface area contributed by atoms with Crippen molar-refractivity contribution < 1.29 is 0 Å². The molecule has 18 heavy (non-hydrogen) atoms. The summed E-state index contributed by atoms with van der Waals surface area (Å²) in [6.45, 7) is 9.41. The first-order valence-electron chi connectivity index (χ1n) is 7.85. The van der Waals surface area contributed by atoms with Crippen molar-refractivity contribution in [2.45, 2.75) is 63.6 Å². The highest BCUT2D eigenvalue weighted by Gasteiger charge is 2.47. The molecule has 0 aromatic heterocycles. The van der Waals surface area contributed by atoms with Gasteiger partial charge < -0.3 is 5.73 Å². The van der Waals surface area contributed by atoms with Gasteiger partial charge in [-0.3, -0.25) is 9.80 Å². The zero-order valence-electron chi connectivity index (χ0n) is 12.1. The molecule has 0 radical (unpaired) electrons. The molecule has 1 aliphatic carbocycles. The van der Waals surface area contributed by atoms with Crippen molar-refractivity contribution in [1.82, 2.24) is 9.80 Å². The van der Waals surface area contributed by atoms with Crippen LogP contribution in [0.1, 0.15) is 46.0 Å². The van der Waals surface area contributed by atoms with Crippen molar-refractivity contribution in [2.24, 2.45) is 11.7 Å². The molecular formula is C15H29N3. The minimum atomic E-state index is 0.288. The van der Waals surface area contributed by atoms with E-state index in [1.807, 2.05) is 0 Å². The zero-order chi connectivity index (χ0) is 12.8. The molecule has 3 fully saturated rings. The van der Waals surface area contributed by atoms with E-state index in [-0.39, 0.29) is 5.54 Å². The third-order valence-corrected chi connectivity index (χ3v) is 5.53. The van der Waals surface area contributed by atoms with Crippen LogP contribution in [-0.4, -0.2) is 53.6 Å². The van der Waals surface area contributed by atoms with E-state index >= 15 is 0 Å². The van der Waals surface area contributed by atoms with Crippen molar-refractivity contribution in [2.75, 3.05) is 26.2 Å². The topological polar surface area (TPSA) is 32.5 Å². The van der Waals surface area contributed by atoms with E-state index in [0.29, 0.717) is 0 Å². The number of nitrogens with zero attached hydrogens (tertiary/aromatic N) is 2. The van der Waals surface area contributed by atoms with Crippen LogP contribution in [0.5, 0.6) is 0 Å². The fourth-order valence-corrected chi connectivity index (χ4v) is 4.11. The molecule has 0 bridgehead atoms. The number of piperidine rings is 1. The van der Waals surface area contributed by atoms with Gasteiger partial charge in [0.1, 0.15) is 0 Å². The van der Waals surface area contributed by atoms with E-state index in [2.05, 4.69) is 23.6 Å². The molecule has 3 atom stereocenters. The van der Waals surface area contributed by atoms with Crippen LogP contribution < -0.4 is 5.73 Å². The Morgan fingerprint density at radius 2 is 1.94 bits per heavy atom. The van der Waals surface area contributed by atoms with E-state index < -0.39 is 0 Å². The van der Waals surface area contributed by atoms with Crippen molar-refractivity contribution in [3.05, 3.63) is 0 Å². The van der Waals surface area contributed by atoms with Crippen molar-refractivity contribution in [3.63, 3.8) is 0 Å². The fourth-order valence-electron chi connectivity index (χ4n) is 4.11. The van der Waals surface area contributed by atoms with Crippen LogP contribution in [0.3, 0.4) is 0 Å². The molecule has 2 saturated heterocycles. The summed E-state index contributed by atoms with van der Waals surface area (Å²) in [6, 6.07) is 1.62. The SMILES string of the molecule is CC1CCC(C)N(C2(CN)CCN(C3CC3)C2)C1. The predicted molar refractivity (Wildman–Crippen MR) is 75.6 cm³/mol. The molecule has 0 amide bonds. The molecule has 104 valence electrons. The lowest BCUT2D eigenvalue weighted by atomic mass is 9.86. The minimum absolute atomic E-state index is 0.288. The summed E-state index contributed by atoms with van der Waals surface area (Å²) in [7, 11) is 0. The number of nitrogens with two attached hydrogens (primary N) is 1. The first kappa shape index (κ1) is 12.9. The molecule has 3 aliphatic rings. The van der Waals surface area contributed by atoms with Crippen molar-refractivity contribution in [3.8, 4) is 0 Å². The first-order chi connectivity index (χ1) is 8.64. The van der Waals surface area contributed by atoms with E-state index in [4.69, 9.17) is 5.73 Å². The quantitative estimate of drug-likeness (QED) is 0.828. The second-order valence-corrected chi connectivity index (χ2v) is 7.06. The molecule has 0 spiro atoms. The van der Waals surface area contributed by atoms with E-state index in [1.165, 1.54) is 51.7 Å². The molecule has 3 nitrogen and oxygen atoms in total. The maximum absolute atomic E-state index is 6.22. The smallest absolute Gasteiger partial charge is 0.0473 e. The van der Waals surface area contributed by atoms with Gasteiger partial charge in [-0.2, -0.15) is 0 Å². The Morgan fingerprint density at radius 3 is 2.61 bits per heavy atom. The molecule has 3 heteroatoms. The second kappa shape index (κ2) is 4.77. The Kier molecular flexibility index (Phi) is 3.41. The molecule has 2 heterocycles. The van der Waals surface area contributed by atoms with Gasteiger partial charge in [0.25, 0.3) is 0 Å². The van der Waals surface area contributed by atoms with Gasteiger partial charge in [-0.05, 0) is 44.9 Å². The van der Waals surface area contributed by atoms with Crippen LogP contribution in [0.4, 0.5) is 0 Å². The van der Waals surface area contributed by atoms with Crippen LogP contribution in [0.2, 0.25) is 0 Å². The summed E-state index contributed by atoms with van der Waals surface area (Å²) in [6.07, 6.45) is 6.88. The number of hydrogen-bond acceptors (Lipinski definition) is 3. The van der Waals surface area contributed by atoms with Gasteiger partial charge in [0.15, 0.2) is 0 Å². The van der Waals surface area contributed by atoms with E-state index in [1.54, 1.807) is 0 Å². The van der Waals surface area contributed by atoms with E-state index in [9.17, 15) is 0 Å². The Morgan fingerprint density at radius 1 is 1.17 bits per heavy atom. The Labute approximate surface area is 112 Å². The highest BCUT2D eigenvalue weighted by atomic mass is 15.3. The molecule has 2 N–H and O–H groups in total. The Bertz CT molecular complexity index is 302. The standard InChI is InChI=1S/C15H29N3/c1-12-3-4-13(2)18(9-12)15(10-16)7-8-17(11-15)14-5-6-14/h12-14H,3-11,16H2,1-2H3. The number of hydrogen-bond donors (Lipinski definition) is 1. The maximum atomic E-state index is 6.22. The number of rotatable bonds is 3. The van der Waals surface area contributed by atoms with Gasteiger partial charge in [-0.1, -0.05) is 6.92 Å². The van der Waals surface area contributed by atoms with Gasteiger partial charge >= 0.3 is 0 Å². The predicted octanol–water partition coefficient (Wildman–Crippen LogP) is 1.67. The van der Waals surface area contributed by atoms with Crippen LogP contribution in [-0.2, 0) is 0 Å². The maximum Gasteiger partial charge on any atom is 0.0473 e. The summed E-state index contributed by atoms with van der Waals surface area (Å²) in [4.78, 5) is 5.47. The van der Waals surface area contributed by atoms with Crippen LogP contribution in [0.15, 0.2) is 0 Å². The Balaban J connectivity index is 1.73. The zero-order valence-corrected chi connectivity index (χ0v) is 12.1. The van der Waals surface area contributed by atoms with Gasteiger partial charge in [-0.25, -0.2) is 0 Å². The van der Waals surface area contributed by atoms with Crippen molar-refractivity contribution in [1.29, 1.82) is 0 Å². The van der Waals surface area contributed by atoms with E-state index in [0.717, 1.165) is 24.5 Å². The second-order valence-electron chi connectivity index (χ2n) is 7.06. The lowest BCUT2D eigenvalue weighted by molar-refractivity contribution is 0.0149. The molecule has 0 aromatic carbocycles. The summed E-state index contributed by atoms with van der Waals surface area (Å²) < 4.78 is 0. The first-order valence-corrected chi connectivity index (χ1v) is 7.85. The monoisotopic (exact) mass is 251 g/mol. The third-order valence-electron chi connectivity index (χ3n) is 5.53. The summed E-state index contributed by atoms with van der Waals surface area (Å²) in [5.74, 6) is 0.847. The number of likely N-dealkylation sites (tertiary alicyclic amines) is 2. The molecule has 3 unspecified atom stereocenters. The Hall–Kier alpha value is -0.120. The molecule has 3 rings (SSSR count). The molecular weight excluding hydrogens is 222 g/mol. The third kappa shape index (κ3) is 2.21. The summed E-state index contributed by atoms with van der Waals surface area (Å²) in [5, 5.41) is 0. The van der Waals surface area contributed by atoms with Gasteiger partial charge in [0.05, 0.1) is 0 Å². The fraction of sp³-hybridized carbons (Fsp3) is 1.00. The van der Waals surface area contributed by atoms with Gasteiger partial charge in [-0.15, -0.1) is 0 Å². The van der Waals surface area contributed by atoms with Crippen molar-refractivity contribution >= 4 is 0 Å². The molecule has 2 aliphatic heterocycles. The van der Waals surface area contributed by atoms with Crippen LogP contribution >= 0.6 is 0 Å². The summed E-state index contributed by atoms with van der Waals surface area (Å²) >= 11 is 0. The lowest BCUT2D eigenvalue weighted by Crippen LogP contribution is -2.61. The minimum Gasteiger partial charge on any atom is -0.329 e. The average molecular weight is 251 g/mol. The van der Waals surface area contributed by atoms with Crippen LogP contribution in [0, 0.1) is 5.92 Å². The molecule has 0 aromatic rings. The summed E-state index contributed by atoms with van der Waals surface area (Å²) in [5.41, 5.74) is 6.51. The lowest BCUT2D eigenvalue weighted by Gasteiger charge is -2.48. The van der Waals surface area contributed by atoms with Crippen LogP contribution in [0.25, 0.3) is 0 Å². The average Bonchev–Trinajstić information content (AvgIpc) is 3.13. The normalized spacial score (nSPS) is 43.5. The highest BCUT2D eigenvalue weighted by molar-refractivity contribution is 5.05.